The Balaban J connectivity index is 1.75. The van der Waals surface area contributed by atoms with Gasteiger partial charge in [-0.2, -0.15) is 0 Å². The van der Waals surface area contributed by atoms with E-state index in [1.54, 1.807) is 12.1 Å². The first-order chi connectivity index (χ1) is 29.6. The van der Waals surface area contributed by atoms with E-state index in [-0.39, 0.29) is 42.8 Å². The number of hydrogen-bond acceptors (Lipinski definition) is 8. The predicted octanol–water partition coefficient (Wildman–Crippen LogP) is 12.4. The van der Waals surface area contributed by atoms with Crippen LogP contribution < -0.4 is 9.20 Å². The van der Waals surface area contributed by atoms with E-state index in [4.69, 9.17) is 28.1 Å². The van der Waals surface area contributed by atoms with Gasteiger partial charge in [0.2, 0.25) is 0 Å². The molecule has 0 radical (unpaired) electrons. The zero-order valence-corrected chi connectivity index (χ0v) is 46.7. The van der Waals surface area contributed by atoms with Crippen molar-refractivity contribution in [1.29, 1.82) is 0 Å². The molecule has 354 valence electrons. The Bertz CT molecular complexity index is 1990. The number of rotatable bonds is 22. The van der Waals surface area contributed by atoms with E-state index in [0.29, 0.717) is 37.2 Å². The molecule has 1 aliphatic heterocycles. The van der Waals surface area contributed by atoms with Gasteiger partial charge in [-0.3, -0.25) is 0 Å². The average Bonchev–Trinajstić information content (AvgIpc) is 3.50. The van der Waals surface area contributed by atoms with Gasteiger partial charge in [0, 0.05) is 0 Å². The molecule has 0 amide bonds. The van der Waals surface area contributed by atoms with Gasteiger partial charge in [-0.1, -0.05) is 20.8 Å². The summed E-state index contributed by atoms with van der Waals surface area (Å²) in [5, 5.41) is 0.0708. The molecule has 4 rings (SSSR count). The quantitative estimate of drug-likeness (QED) is 0.0559. The van der Waals surface area contributed by atoms with Crippen molar-refractivity contribution in [3.63, 3.8) is 0 Å². The second kappa shape index (κ2) is 22.8. The molecule has 3 aromatic rings. The summed E-state index contributed by atoms with van der Waals surface area (Å²) in [4.78, 5) is 28.0. The zero-order valence-electron chi connectivity index (χ0n) is 42.0. The monoisotopic (exact) mass is 996 g/mol. The van der Waals surface area contributed by atoms with E-state index in [1.807, 2.05) is 57.2 Å². The molecule has 3 aromatic carbocycles. The second-order valence-electron chi connectivity index (χ2n) is 22.0. The number of benzene rings is 3. The number of esters is 2. The number of ether oxygens (including phenoxy) is 5. The summed E-state index contributed by atoms with van der Waals surface area (Å²) in [5.74, 6) is -0.837. The molecule has 64 heavy (non-hydrogen) atoms. The maximum absolute atomic E-state index is 14.3. The van der Waals surface area contributed by atoms with Crippen LogP contribution >= 0.6 is 0 Å². The molecule has 12 heteroatoms. The number of hydrogen-bond donors (Lipinski definition) is 0. The van der Waals surface area contributed by atoms with Crippen LogP contribution in [0.15, 0.2) is 84.9 Å². The van der Waals surface area contributed by atoms with Gasteiger partial charge in [0.25, 0.3) is 0 Å². The minimum absolute atomic E-state index is 0.0335. The van der Waals surface area contributed by atoms with Gasteiger partial charge in [-0.15, -0.1) is 0 Å². The van der Waals surface area contributed by atoms with Crippen LogP contribution in [0.25, 0.3) is 0 Å². The molecule has 0 spiro atoms. The van der Waals surface area contributed by atoms with Crippen LogP contribution in [-0.4, -0.2) is 94.8 Å². The molecule has 2 unspecified atom stereocenters. The Morgan fingerprint density at radius 3 is 2.00 bits per heavy atom. The van der Waals surface area contributed by atoms with E-state index in [1.165, 1.54) is 4.46 Å². The molecule has 0 aromatic heterocycles. The van der Waals surface area contributed by atoms with Crippen molar-refractivity contribution in [3.05, 3.63) is 107 Å². The second-order valence-corrected chi connectivity index (χ2v) is 40.7. The molecule has 8 nitrogen and oxygen atoms in total. The fourth-order valence-corrected chi connectivity index (χ4v) is 12.7. The van der Waals surface area contributed by atoms with E-state index in [9.17, 15) is 9.59 Å². The van der Waals surface area contributed by atoms with Crippen molar-refractivity contribution < 1.29 is 37.7 Å². The summed E-state index contributed by atoms with van der Waals surface area (Å²) < 4.78 is 40.4. The van der Waals surface area contributed by atoms with Gasteiger partial charge in [-0.25, -0.2) is 0 Å². The fourth-order valence-electron chi connectivity index (χ4n) is 7.19. The van der Waals surface area contributed by atoms with Crippen molar-refractivity contribution in [3.8, 4) is 5.75 Å². The Hall–Kier alpha value is -2.81. The third-order valence-electron chi connectivity index (χ3n) is 12.3. The summed E-state index contributed by atoms with van der Waals surface area (Å²) in [5.41, 5.74) is 2.88. The number of carbonyl (C=O) groups excluding carboxylic acids is 2. The normalized spacial score (nSPS) is 18.9. The summed E-state index contributed by atoms with van der Waals surface area (Å²) >= 11 is -0.0860. The molecule has 1 fully saturated rings. The third kappa shape index (κ3) is 16.8. The summed E-state index contributed by atoms with van der Waals surface area (Å²) in [6.45, 7) is 36.4. The molecular formula is C52H80O8SeSi3. The van der Waals surface area contributed by atoms with Crippen molar-refractivity contribution in [2.75, 3.05) is 13.2 Å². The number of carbonyl (C=O) groups is 2. The molecule has 1 heterocycles. The van der Waals surface area contributed by atoms with E-state index in [0.717, 1.165) is 29.0 Å². The van der Waals surface area contributed by atoms with Crippen LogP contribution in [0.5, 0.6) is 5.75 Å². The summed E-state index contributed by atoms with van der Waals surface area (Å²) in [6, 6.07) is 25.6. The molecular weight excluding hydrogens is 916 g/mol. The van der Waals surface area contributed by atoms with Crippen molar-refractivity contribution in [1.82, 2.24) is 0 Å². The fraction of sp³-hybridized carbons (Fsp3) is 0.577. The molecule has 0 N–H and O–H groups in total. The van der Waals surface area contributed by atoms with E-state index < -0.39 is 54.5 Å². The first-order valence-electron chi connectivity index (χ1n) is 23.3. The standard InChI is InChI=1S/C52H80O8SeSi3/c1-37(39(3)60-64(15,16)51(4,5)6)27-28-44(57-49(53)40-23-19-17-20-24-40)48-45(58-52(7,8)59-48)29-30-46(61-42-25-21-18-22-26-42)43-36-41(55-31-33-62(9,10)11)35-38(2)47(43)50(54)56-32-34-63(12,13)14/h17-28,35-37,39,44-46,48H,29-34H2,1-16H3/b28-27-/t37-,39+,44?,45+,46?,48-/m1/s1. The Morgan fingerprint density at radius 2 is 1.41 bits per heavy atom. The maximum atomic E-state index is 14.3. The molecule has 1 saturated heterocycles. The predicted molar refractivity (Wildman–Crippen MR) is 273 cm³/mol. The van der Waals surface area contributed by atoms with Gasteiger partial charge < -0.3 is 0 Å². The molecule has 6 atom stereocenters. The molecule has 1 aliphatic rings. The van der Waals surface area contributed by atoms with Gasteiger partial charge in [0.05, 0.1) is 0 Å². The Kier molecular flexibility index (Phi) is 19.2. The van der Waals surface area contributed by atoms with E-state index >= 15 is 0 Å². The van der Waals surface area contributed by atoms with Gasteiger partial charge >= 0.3 is 359 Å². The van der Waals surface area contributed by atoms with Crippen molar-refractivity contribution in [2.45, 2.75) is 173 Å². The first-order valence-corrected chi connectivity index (χ1v) is 35.5. The molecule has 0 aliphatic carbocycles. The summed E-state index contributed by atoms with van der Waals surface area (Å²) in [7, 11) is -4.83. The van der Waals surface area contributed by atoms with Gasteiger partial charge in [0.1, 0.15) is 0 Å². The van der Waals surface area contributed by atoms with Crippen molar-refractivity contribution >= 4 is 55.8 Å². The van der Waals surface area contributed by atoms with Crippen molar-refractivity contribution in [2.24, 2.45) is 5.92 Å². The zero-order chi connectivity index (χ0) is 47.7. The van der Waals surface area contributed by atoms with Crippen LogP contribution in [0, 0.1) is 12.8 Å². The van der Waals surface area contributed by atoms with Gasteiger partial charge in [-0.05, 0) is 18.1 Å². The Morgan fingerprint density at radius 1 is 0.812 bits per heavy atom. The number of aryl methyl sites for hydroxylation is 1. The van der Waals surface area contributed by atoms with Crippen LogP contribution in [-0.2, 0) is 23.4 Å². The first kappa shape index (κ1) is 53.8. The van der Waals surface area contributed by atoms with Crippen LogP contribution in [0.1, 0.15) is 98.0 Å². The average molecular weight is 996 g/mol. The van der Waals surface area contributed by atoms with E-state index in [2.05, 4.69) is 123 Å². The minimum atomic E-state index is -2.03. The van der Waals surface area contributed by atoms with Gasteiger partial charge in [0.15, 0.2) is 0 Å². The van der Waals surface area contributed by atoms with Crippen LogP contribution in [0.4, 0.5) is 0 Å². The third-order valence-corrected chi connectivity index (χ3v) is 23.0. The van der Waals surface area contributed by atoms with Crippen LogP contribution in [0.2, 0.25) is 69.5 Å². The topological polar surface area (TPSA) is 89.5 Å². The molecule has 0 bridgehead atoms. The molecule has 0 saturated carbocycles. The SMILES string of the molecule is Cc1cc(OCC[Si](C)(C)C)cc(C(CC[C@@H]2OC(C)(C)O[C@@H]2C(/C=C\[C@@H](C)[C@H](C)O[Si](C)(C)C(C)(C)C)OC(=O)c2ccccc2)[Se]c2ccccc2)c1C(=O)OCC[Si](C)(C)C. The Labute approximate surface area is 396 Å². The summed E-state index contributed by atoms with van der Waals surface area (Å²) in [6.07, 6.45) is 3.52. The van der Waals surface area contributed by atoms with Crippen LogP contribution in [0.3, 0.4) is 0 Å².